The highest BCUT2D eigenvalue weighted by atomic mass is 16.5. The summed E-state index contributed by atoms with van der Waals surface area (Å²) >= 11 is 0. The average Bonchev–Trinajstić information content (AvgIpc) is 3.06. The molecule has 4 nitrogen and oxygen atoms in total. The molecule has 1 aromatic rings. The van der Waals surface area contributed by atoms with Crippen LogP contribution in [0.5, 0.6) is 5.75 Å². The van der Waals surface area contributed by atoms with Crippen molar-refractivity contribution in [2.45, 2.75) is 38.8 Å². The fourth-order valence-corrected chi connectivity index (χ4v) is 3.15. The summed E-state index contributed by atoms with van der Waals surface area (Å²) in [5, 5.41) is 0. The van der Waals surface area contributed by atoms with Crippen LogP contribution in [-0.2, 0) is 11.3 Å². The van der Waals surface area contributed by atoms with Crippen molar-refractivity contribution in [3.63, 3.8) is 0 Å². The van der Waals surface area contributed by atoms with Gasteiger partial charge in [0.15, 0.2) is 0 Å². The van der Waals surface area contributed by atoms with Gasteiger partial charge < -0.3 is 14.4 Å². The van der Waals surface area contributed by atoms with Gasteiger partial charge in [-0.3, -0.25) is 0 Å². The lowest BCUT2D eigenvalue weighted by Crippen LogP contribution is -2.30. The Balaban J connectivity index is 1.53. The quantitative estimate of drug-likeness (QED) is 0.774. The number of fused-ring (bicyclic) bond motifs is 1. The Morgan fingerprint density at radius 3 is 3.20 bits per heavy atom. The molecule has 0 N–H and O–H groups in total. The van der Waals surface area contributed by atoms with Crippen LogP contribution >= 0.6 is 0 Å². The third-order valence-corrected chi connectivity index (χ3v) is 4.28. The van der Waals surface area contributed by atoms with Crippen LogP contribution in [0.1, 0.15) is 42.1 Å². The monoisotopic (exact) mass is 275 g/mol. The number of carbonyl (C=O) groups excluding carboxylic acids is 1. The molecule has 1 saturated heterocycles. The highest BCUT2D eigenvalue weighted by Crippen LogP contribution is 2.25. The Morgan fingerprint density at radius 1 is 1.45 bits per heavy atom. The van der Waals surface area contributed by atoms with Gasteiger partial charge in [-0.1, -0.05) is 6.92 Å². The van der Waals surface area contributed by atoms with Crippen LogP contribution in [0, 0.1) is 0 Å². The lowest BCUT2D eigenvalue weighted by molar-refractivity contribution is 0.0535. The van der Waals surface area contributed by atoms with Gasteiger partial charge in [-0.2, -0.15) is 0 Å². The second-order valence-electron chi connectivity index (χ2n) is 5.46. The van der Waals surface area contributed by atoms with Crippen LogP contribution in [0.25, 0.3) is 0 Å². The number of hydrogen-bond donors (Lipinski definition) is 0. The Kier molecular flexibility index (Phi) is 3.92. The number of nitrogens with zero attached hydrogens (tertiary/aromatic N) is 1. The summed E-state index contributed by atoms with van der Waals surface area (Å²) < 4.78 is 10.8. The van der Waals surface area contributed by atoms with Gasteiger partial charge in [0.2, 0.25) is 0 Å². The molecule has 0 amide bonds. The summed E-state index contributed by atoms with van der Waals surface area (Å²) in [6.45, 7) is 5.67. The second kappa shape index (κ2) is 5.83. The van der Waals surface area contributed by atoms with E-state index in [-0.39, 0.29) is 5.97 Å². The molecule has 0 radical (unpaired) electrons. The van der Waals surface area contributed by atoms with Crippen molar-refractivity contribution in [2.75, 3.05) is 19.7 Å². The van der Waals surface area contributed by atoms with Crippen molar-refractivity contribution >= 4 is 5.97 Å². The number of rotatable bonds is 5. The maximum atomic E-state index is 11.4. The average molecular weight is 275 g/mol. The molecular formula is C16H21NO3. The van der Waals surface area contributed by atoms with E-state index in [9.17, 15) is 4.79 Å². The fourth-order valence-electron chi connectivity index (χ4n) is 3.15. The van der Waals surface area contributed by atoms with Crippen molar-refractivity contribution in [2.24, 2.45) is 0 Å². The van der Waals surface area contributed by atoms with E-state index in [1.165, 1.54) is 19.4 Å². The van der Waals surface area contributed by atoms with E-state index in [0.29, 0.717) is 18.2 Å². The van der Waals surface area contributed by atoms with Crippen molar-refractivity contribution in [1.29, 1.82) is 0 Å². The normalized spacial score (nSPS) is 21.9. The molecule has 0 saturated carbocycles. The molecule has 2 heterocycles. The molecule has 2 aliphatic rings. The van der Waals surface area contributed by atoms with Gasteiger partial charge in [-0.15, -0.1) is 0 Å². The lowest BCUT2D eigenvalue weighted by Gasteiger charge is -2.22. The van der Waals surface area contributed by atoms with E-state index in [1.54, 1.807) is 6.07 Å². The standard InChI is InChI=1S/C16H21NO3/c1-2-17-8-3-4-13(17)7-9-19-14-5-6-15-12(10-14)11-20-16(15)18/h5-6,10,13H,2-4,7-9,11H2,1H3/t13-/m0/s1. The van der Waals surface area contributed by atoms with E-state index < -0.39 is 0 Å². The number of ether oxygens (including phenoxy) is 2. The molecule has 0 bridgehead atoms. The second-order valence-corrected chi connectivity index (χ2v) is 5.46. The van der Waals surface area contributed by atoms with E-state index in [4.69, 9.17) is 9.47 Å². The highest BCUT2D eigenvalue weighted by molar-refractivity contribution is 5.93. The number of likely N-dealkylation sites (tertiary alicyclic amines) is 1. The van der Waals surface area contributed by atoms with Gasteiger partial charge >= 0.3 is 5.97 Å². The molecule has 2 aliphatic heterocycles. The summed E-state index contributed by atoms with van der Waals surface area (Å²) in [5.41, 5.74) is 1.61. The molecule has 1 aromatic carbocycles. The van der Waals surface area contributed by atoms with Crippen LogP contribution in [0.3, 0.4) is 0 Å². The van der Waals surface area contributed by atoms with Crippen LogP contribution in [0.15, 0.2) is 18.2 Å². The SMILES string of the molecule is CCN1CCC[C@H]1CCOc1ccc2c(c1)COC2=O. The highest BCUT2D eigenvalue weighted by Gasteiger charge is 2.23. The molecular weight excluding hydrogens is 254 g/mol. The van der Waals surface area contributed by atoms with Gasteiger partial charge in [0.25, 0.3) is 0 Å². The molecule has 1 fully saturated rings. The van der Waals surface area contributed by atoms with Gasteiger partial charge in [-0.25, -0.2) is 4.79 Å². The van der Waals surface area contributed by atoms with E-state index in [0.717, 1.165) is 30.9 Å². The number of cyclic esters (lactones) is 1. The Labute approximate surface area is 119 Å². The third-order valence-electron chi connectivity index (χ3n) is 4.28. The lowest BCUT2D eigenvalue weighted by atomic mass is 10.1. The minimum absolute atomic E-state index is 0.226. The summed E-state index contributed by atoms with van der Waals surface area (Å²) in [6.07, 6.45) is 3.65. The van der Waals surface area contributed by atoms with Crippen LogP contribution < -0.4 is 4.74 Å². The summed E-state index contributed by atoms with van der Waals surface area (Å²) in [4.78, 5) is 13.9. The topological polar surface area (TPSA) is 38.8 Å². The predicted molar refractivity (Wildman–Crippen MR) is 75.9 cm³/mol. The molecule has 0 spiro atoms. The van der Waals surface area contributed by atoms with Crippen molar-refractivity contribution in [1.82, 2.24) is 4.90 Å². The molecule has 3 rings (SSSR count). The zero-order chi connectivity index (χ0) is 13.9. The van der Waals surface area contributed by atoms with E-state index >= 15 is 0 Å². The summed E-state index contributed by atoms with van der Waals surface area (Å²) in [7, 11) is 0. The molecule has 0 aromatic heterocycles. The van der Waals surface area contributed by atoms with Crippen molar-refractivity contribution in [3.05, 3.63) is 29.3 Å². The maximum Gasteiger partial charge on any atom is 0.338 e. The largest absolute Gasteiger partial charge is 0.494 e. The summed E-state index contributed by atoms with van der Waals surface area (Å²) in [5.74, 6) is 0.610. The smallest absolute Gasteiger partial charge is 0.338 e. The zero-order valence-electron chi connectivity index (χ0n) is 11.9. The number of benzene rings is 1. The molecule has 0 aliphatic carbocycles. The van der Waals surface area contributed by atoms with Gasteiger partial charge in [0, 0.05) is 11.6 Å². The maximum absolute atomic E-state index is 11.4. The minimum Gasteiger partial charge on any atom is -0.494 e. The van der Waals surface area contributed by atoms with Gasteiger partial charge in [-0.05, 0) is 50.6 Å². The van der Waals surface area contributed by atoms with Gasteiger partial charge in [0.05, 0.1) is 12.2 Å². The Hall–Kier alpha value is -1.55. The van der Waals surface area contributed by atoms with Crippen LogP contribution in [-0.4, -0.2) is 36.6 Å². The Bertz CT molecular complexity index is 500. The number of carbonyl (C=O) groups is 1. The molecule has 1 atom stereocenters. The van der Waals surface area contributed by atoms with E-state index in [1.807, 2.05) is 12.1 Å². The predicted octanol–water partition coefficient (Wildman–Crippen LogP) is 2.61. The number of esters is 1. The Morgan fingerprint density at radius 2 is 2.35 bits per heavy atom. The van der Waals surface area contributed by atoms with Gasteiger partial charge in [0.1, 0.15) is 12.4 Å². The van der Waals surface area contributed by atoms with Crippen molar-refractivity contribution in [3.8, 4) is 5.75 Å². The first-order chi connectivity index (χ1) is 9.78. The number of hydrogen-bond acceptors (Lipinski definition) is 4. The first kappa shape index (κ1) is 13.4. The fraction of sp³-hybridized carbons (Fsp3) is 0.562. The molecule has 0 unspecified atom stereocenters. The molecule has 108 valence electrons. The van der Waals surface area contributed by atoms with Crippen LogP contribution in [0.4, 0.5) is 0 Å². The van der Waals surface area contributed by atoms with E-state index in [2.05, 4.69) is 11.8 Å². The minimum atomic E-state index is -0.226. The molecule has 4 heteroatoms. The first-order valence-electron chi connectivity index (χ1n) is 7.45. The molecule has 20 heavy (non-hydrogen) atoms. The third kappa shape index (κ3) is 2.66. The van der Waals surface area contributed by atoms with Crippen LogP contribution in [0.2, 0.25) is 0 Å². The summed E-state index contributed by atoms with van der Waals surface area (Å²) in [6, 6.07) is 6.25. The van der Waals surface area contributed by atoms with Crippen molar-refractivity contribution < 1.29 is 14.3 Å². The zero-order valence-corrected chi connectivity index (χ0v) is 11.9. The first-order valence-corrected chi connectivity index (χ1v) is 7.45.